The molecule has 144 valence electrons. The molecule has 8 heteroatoms. The van der Waals surface area contributed by atoms with Crippen LogP contribution in [0.2, 0.25) is 0 Å². The molecule has 0 aliphatic carbocycles. The van der Waals surface area contributed by atoms with Crippen molar-refractivity contribution in [1.29, 1.82) is 0 Å². The number of fused-ring (bicyclic) bond motifs is 1. The van der Waals surface area contributed by atoms with E-state index in [-0.39, 0.29) is 5.56 Å². The summed E-state index contributed by atoms with van der Waals surface area (Å²) in [6.07, 6.45) is 4.40. The first-order valence-electron chi connectivity index (χ1n) is 9.51. The molecule has 0 aromatic carbocycles. The van der Waals surface area contributed by atoms with Crippen LogP contribution in [0, 0.1) is 5.92 Å². The Kier molecular flexibility index (Phi) is 4.76. The number of nitrogens with zero attached hydrogens (tertiary/aromatic N) is 5. The van der Waals surface area contributed by atoms with Gasteiger partial charge in [0, 0.05) is 49.5 Å². The Bertz CT molecular complexity index is 1000. The Balaban J connectivity index is 1.21. The van der Waals surface area contributed by atoms with Crippen LogP contribution in [0.15, 0.2) is 41.5 Å². The molecule has 2 aliphatic rings. The third-order valence-electron chi connectivity index (χ3n) is 5.20. The molecular formula is C20H21N5O2S. The van der Waals surface area contributed by atoms with Gasteiger partial charge < -0.3 is 4.74 Å². The minimum atomic E-state index is -0.0520. The van der Waals surface area contributed by atoms with Crippen LogP contribution in [0.25, 0.3) is 11.3 Å². The first-order valence-corrected chi connectivity index (χ1v) is 10.3. The highest BCUT2D eigenvalue weighted by Crippen LogP contribution is 2.27. The van der Waals surface area contributed by atoms with Crippen molar-refractivity contribution in [2.45, 2.75) is 26.1 Å². The molecule has 0 bridgehead atoms. The number of rotatable bonds is 5. The van der Waals surface area contributed by atoms with Crippen molar-refractivity contribution < 1.29 is 4.74 Å². The molecule has 1 saturated heterocycles. The number of pyridine rings is 1. The maximum absolute atomic E-state index is 12.2. The summed E-state index contributed by atoms with van der Waals surface area (Å²) in [6.45, 7) is 4.95. The van der Waals surface area contributed by atoms with E-state index in [1.165, 1.54) is 15.6 Å². The van der Waals surface area contributed by atoms with Crippen molar-refractivity contribution in [3.8, 4) is 11.3 Å². The molecular weight excluding hydrogens is 374 g/mol. The fourth-order valence-corrected chi connectivity index (χ4v) is 4.86. The second kappa shape index (κ2) is 7.54. The molecule has 5 rings (SSSR count). The van der Waals surface area contributed by atoms with Gasteiger partial charge in [0.05, 0.1) is 42.6 Å². The molecule has 2 aliphatic heterocycles. The third-order valence-corrected chi connectivity index (χ3v) is 6.26. The molecule has 0 atom stereocenters. The monoisotopic (exact) mass is 395 g/mol. The van der Waals surface area contributed by atoms with Gasteiger partial charge >= 0.3 is 0 Å². The van der Waals surface area contributed by atoms with Crippen molar-refractivity contribution in [1.82, 2.24) is 24.6 Å². The average Bonchev–Trinajstić information content (AvgIpc) is 3.11. The minimum Gasteiger partial charge on any atom is -0.375 e. The van der Waals surface area contributed by atoms with Crippen LogP contribution in [0.5, 0.6) is 0 Å². The second-order valence-corrected chi connectivity index (χ2v) is 8.48. The quantitative estimate of drug-likeness (QED) is 0.658. The Labute approximate surface area is 166 Å². The molecule has 0 radical (unpaired) electrons. The van der Waals surface area contributed by atoms with Gasteiger partial charge in [-0.15, -0.1) is 11.3 Å². The number of thiazole rings is 1. The molecule has 0 saturated carbocycles. The summed E-state index contributed by atoms with van der Waals surface area (Å²) in [7, 11) is 0. The molecule has 3 aromatic heterocycles. The molecule has 5 heterocycles. The molecule has 7 nitrogen and oxygen atoms in total. The Morgan fingerprint density at radius 1 is 1.18 bits per heavy atom. The van der Waals surface area contributed by atoms with E-state index in [2.05, 4.69) is 15.0 Å². The van der Waals surface area contributed by atoms with E-state index in [4.69, 9.17) is 9.72 Å². The summed E-state index contributed by atoms with van der Waals surface area (Å²) >= 11 is 1.77. The SMILES string of the molecule is O=c1ccc(-c2ccncc2)nn1CC1CN(Cc2nc3c(s2)COCC3)C1. The van der Waals surface area contributed by atoms with Crippen LogP contribution in [0.3, 0.4) is 0 Å². The molecule has 0 unspecified atom stereocenters. The summed E-state index contributed by atoms with van der Waals surface area (Å²) in [6, 6.07) is 7.18. The summed E-state index contributed by atoms with van der Waals surface area (Å²) in [4.78, 5) is 24.7. The van der Waals surface area contributed by atoms with E-state index in [0.717, 1.165) is 43.9 Å². The molecule has 1 fully saturated rings. The zero-order valence-corrected chi connectivity index (χ0v) is 16.3. The lowest BCUT2D eigenvalue weighted by Gasteiger charge is -2.38. The van der Waals surface area contributed by atoms with Gasteiger partial charge in [0.15, 0.2) is 0 Å². The van der Waals surface area contributed by atoms with Gasteiger partial charge in [0.25, 0.3) is 5.56 Å². The first kappa shape index (κ1) is 17.7. The predicted octanol–water partition coefficient (Wildman–Crippen LogP) is 1.97. The van der Waals surface area contributed by atoms with Crippen molar-refractivity contribution in [2.75, 3.05) is 19.7 Å². The Morgan fingerprint density at radius 2 is 2.04 bits per heavy atom. The van der Waals surface area contributed by atoms with Crippen molar-refractivity contribution in [3.05, 3.63) is 62.6 Å². The van der Waals surface area contributed by atoms with E-state index in [0.29, 0.717) is 19.1 Å². The van der Waals surface area contributed by atoms with Crippen LogP contribution in [0.4, 0.5) is 0 Å². The largest absolute Gasteiger partial charge is 0.375 e. The summed E-state index contributed by atoms with van der Waals surface area (Å²) in [5.74, 6) is 0.441. The smallest absolute Gasteiger partial charge is 0.266 e. The standard InChI is InChI=1S/C20H21N5O2S/c26-20-2-1-16(15-3-6-21-7-4-15)23-25(20)11-14-9-24(10-14)12-19-22-17-5-8-27-13-18(17)28-19/h1-4,6-7,14H,5,8-13H2. The third kappa shape index (κ3) is 3.63. The van der Waals surface area contributed by atoms with E-state index in [1.807, 2.05) is 12.1 Å². The fourth-order valence-electron chi connectivity index (χ4n) is 3.76. The lowest BCUT2D eigenvalue weighted by Crippen LogP contribution is -2.48. The molecule has 28 heavy (non-hydrogen) atoms. The second-order valence-electron chi connectivity index (χ2n) is 7.31. The number of likely N-dealkylation sites (tertiary alicyclic amines) is 1. The van der Waals surface area contributed by atoms with E-state index < -0.39 is 0 Å². The molecule has 0 N–H and O–H groups in total. The van der Waals surface area contributed by atoms with E-state index >= 15 is 0 Å². The van der Waals surface area contributed by atoms with Gasteiger partial charge in [-0.05, 0) is 18.2 Å². The van der Waals surface area contributed by atoms with Gasteiger partial charge in [-0.3, -0.25) is 14.7 Å². The van der Waals surface area contributed by atoms with Crippen molar-refractivity contribution >= 4 is 11.3 Å². The number of hydrogen-bond acceptors (Lipinski definition) is 7. The number of hydrogen-bond donors (Lipinski definition) is 0. The van der Waals surface area contributed by atoms with Crippen LogP contribution in [0.1, 0.15) is 15.6 Å². The highest BCUT2D eigenvalue weighted by molar-refractivity contribution is 7.11. The molecule has 0 spiro atoms. The van der Waals surface area contributed by atoms with E-state index in [1.54, 1.807) is 40.5 Å². The van der Waals surface area contributed by atoms with Gasteiger partial charge in [0.2, 0.25) is 0 Å². The van der Waals surface area contributed by atoms with Crippen molar-refractivity contribution in [3.63, 3.8) is 0 Å². The maximum atomic E-state index is 12.2. The van der Waals surface area contributed by atoms with Crippen LogP contribution in [-0.4, -0.2) is 44.3 Å². The number of ether oxygens (including phenoxy) is 1. The summed E-state index contributed by atoms with van der Waals surface area (Å²) in [5, 5.41) is 5.72. The lowest BCUT2D eigenvalue weighted by molar-refractivity contribution is 0.0765. The molecule has 0 amide bonds. The average molecular weight is 395 g/mol. The topological polar surface area (TPSA) is 73.1 Å². The normalized spacial score (nSPS) is 17.3. The summed E-state index contributed by atoms with van der Waals surface area (Å²) in [5.41, 5.74) is 2.93. The van der Waals surface area contributed by atoms with Gasteiger partial charge in [-0.2, -0.15) is 5.10 Å². The lowest BCUT2D eigenvalue weighted by atomic mass is 10.0. The van der Waals surface area contributed by atoms with E-state index in [9.17, 15) is 4.79 Å². The Hall–Kier alpha value is -2.42. The van der Waals surface area contributed by atoms with Gasteiger partial charge in [-0.25, -0.2) is 9.67 Å². The van der Waals surface area contributed by atoms with Crippen molar-refractivity contribution in [2.24, 2.45) is 5.92 Å². The maximum Gasteiger partial charge on any atom is 0.266 e. The van der Waals surface area contributed by atoms with Gasteiger partial charge in [-0.1, -0.05) is 0 Å². The van der Waals surface area contributed by atoms with Crippen LogP contribution in [-0.2, 0) is 30.9 Å². The zero-order valence-electron chi connectivity index (χ0n) is 15.5. The van der Waals surface area contributed by atoms with Crippen LogP contribution >= 0.6 is 11.3 Å². The number of aromatic nitrogens is 4. The zero-order chi connectivity index (χ0) is 18.9. The highest BCUT2D eigenvalue weighted by Gasteiger charge is 2.29. The summed E-state index contributed by atoms with van der Waals surface area (Å²) < 4.78 is 7.10. The predicted molar refractivity (Wildman–Crippen MR) is 106 cm³/mol. The first-order chi connectivity index (χ1) is 13.7. The fraction of sp³-hybridized carbons (Fsp3) is 0.400. The highest BCUT2D eigenvalue weighted by atomic mass is 32.1. The molecule has 3 aromatic rings. The van der Waals surface area contributed by atoms with Gasteiger partial charge in [0.1, 0.15) is 5.01 Å². The van der Waals surface area contributed by atoms with Crippen LogP contribution < -0.4 is 5.56 Å². The minimum absolute atomic E-state index is 0.0520. The Morgan fingerprint density at radius 3 is 2.86 bits per heavy atom.